The molecule has 0 aliphatic heterocycles. The van der Waals surface area contributed by atoms with Gasteiger partial charge in [-0.2, -0.15) is 10.2 Å². The summed E-state index contributed by atoms with van der Waals surface area (Å²) in [5.41, 5.74) is 6.56. The molecule has 2 heterocycles. The van der Waals surface area contributed by atoms with E-state index in [1.54, 1.807) is 23.1 Å². The van der Waals surface area contributed by atoms with Gasteiger partial charge in [0.05, 0.1) is 12.7 Å². The van der Waals surface area contributed by atoms with Crippen LogP contribution in [-0.4, -0.2) is 32.0 Å². The van der Waals surface area contributed by atoms with Crippen LogP contribution in [0.15, 0.2) is 24.7 Å². The number of nitrogens with one attached hydrogen (secondary N) is 1. The molecule has 0 unspecified atom stereocenters. The number of aryl methyl sites for hydroxylation is 1. The van der Waals surface area contributed by atoms with Crippen molar-refractivity contribution in [3.63, 3.8) is 0 Å². The van der Waals surface area contributed by atoms with E-state index >= 15 is 0 Å². The minimum atomic E-state index is -0.0954. The number of anilines is 1. The summed E-state index contributed by atoms with van der Waals surface area (Å²) >= 11 is 0. The first-order valence-corrected chi connectivity index (χ1v) is 5.68. The van der Waals surface area contributed by atoms with Gasteiger partial charge in [-0.25, -0.2) is 0 Å². The molecule has 96 valence electrons. The van der Waals surface area contributed by atoms with Gasteiger partial charge < -0.3 is 11.1 Å². The quantitative estimate of drug-likeness (QED) is 0.765. The number of nitrogen functional groups attached to an aromatic ring is 1. The third-order valence-electron chi connectivity index (χ3n) is 2.39. The summed E-state index contributed by atoms with van der Waals surface area (Å²) in [6.45, 7) is 3.34. The summed E-state index contributed by atoms with van der Waals surface area (Å²) in [6.07, 6.45) is 5.39. The Bertz CT molecular complexity index is 529. The first kappa shape index (κ1) is 12.2. The van der Waals surface area contributed by atoms with E-state index in [4.69, 9.17) is 5.73 Å². The molecule has 0 bridgehead atoms. The number of carbonyl (C=O) groups is 1. The highest BCUT2D eigenvalue weighted by Crippen LogP contribution is 1.95. The summed E-state index contributed by atoms with van der Waals surface area (Å²) < 4.78 is 3.30. The molecule has 2 aromatic heterocycles. The minimum absolute atomic E-state index is 0.0954. The third kappa shape index (κ3) is 3.34. The van der Waals surface area contributed by atoms with Crippen molar-refractivity contribution in [2.75, 3.05) is 12.3 Å². The first-order valence-electron chi connectivity index (χ1n) is 5.68. The van der Waals surface area contributed by atoms with E-state index in [2.05, 4.69) is 15.5 Å². The molecule has 7 nitrogen and oxygen atoms in total. The maximum absolute atomic E-state index is 11.6. The standard InChI is InChI=1S/C11H16N6O/c1-9-6-14-16(7-9)5-3-13-11(18)8-17-4-2-10(12)15-17/h2,4,6-7H,3,5,8H2,1H3,(H2,12,15)(H,13,18). The van der Waals surface area contributed by atoms with E-state index in [0.717, 1.165) is 5.56 Å². The Hall–Kier alpha value is -2.31. The number of hydrogen-bond donors (Lipinski definition) is 2. The van der Waals surface area contributed by atoms with Crippen LogP contribution in [0.2, 0.25) is 0 Å². The highest BCUT2D eigenvalue weighted by Gasteiger charge is 2.03. The topological polar surface area (TPSA) is 90.8 Å². The minimum Gasteiger partial charge on any atom is -0.382 e. The van der Waals surface area contributed by atoms with E-state index in [-0.39, 0.29) is 12.5 Å². The zero-order valence-corrected chi connectivity index (χ0v) is 10.2. The first-order chi connectivity index (χ1) is 8.63. The fourth-order valence-corrected chi connectivity index (χ4v) is 1.57. The predicted molar refractivity (Wildman–Crippen MR) is 66.6 cm³/mol. The van der Waals surface area contributed by atoms with Crippen molar-refractivity contribution >= 4 is 11.7 Å². The lowest BCUT2D eigenvalue weighted by atomic mass is 10.4. The molecular weight excluding hydrogens is 232 g/mol. The van der Waals surface area contributed by atoms with Crippen LogP contribution >= 0.6 is 0 Å². The molecule has 0 spiro atoms. The van der Waals surface area contributed by atoms with Crippen molar-refractivity contribution < 1.29 is 4.79 Å². The van der Waals surface area contributed by atoms with Gasteiger partial charge in [-0.3, -0.25) is 14.2 Å². The fraction of sp³-hybridized carbons (Fsp3) is 0.364. The lowest BCUT2D eigenvalue weighted by Crippen LogP contribution is -2.30. The van der Waals surface area contributed by atoms with Crippen LogP contribution in [0.1, 0.15) is 5.56 Å². The molecule has 0 saturated carbocycles. The second-order valence-corrected chi connectivity index (χ2v) is 4.07. The zero-order chi connectivity index (χ0) is 13.0. The molecule has 0 aliphatic carbocycles. The van der Waals surface area contributed by atoms with E-state index in [0.29, 0.717) is 18.9 Å². The van der Waals surface area contributed by atoms with Crippen LogP contribution in [0.25, 0.3) is 0 Å². The van der Waals surface area contributed by atoms with Crippen molar-refractivity contribution in [2.45, 2.75) is 20.0 Å². The normalized spacial score (nSPS) is 10.5. The number of nitrogens with two attached hydrogens (primary N) is 1. The molecule has 7 heteroatoms. The molecule has 0 radical (unpaired) electrons. The molecule has 0 fully saturated rings. The molecule has 0 aliphatic rings. The van der Waals surface area contributed by atoms with Gasteiger partial charge in [0, 0.05) is 18.9 Å². The summed E-state index contributed by atoms with van der Waals surface area (Å²) in [5, 5.41) is 10.9. The van der Waals surface area contributed by atoms with Crippen molar-refractivity contribution in [3.05, 3.63) is 30.2 Å². The Morgan fingerprint density at radius 1 is 1.50 bits per heavy atom. The van der Waals surface area contributed by atoms with Crippen molar-refractivity contribution in [1.82, 2.24) is 24.9 Å². The number of amides is 1. The van der Waals surface area contributed by atoms with Crippen LogP contribution in [0.3, 0.4) is 0 Å². The zero-order valence-electron chi connectivity index (χ0n) is 10.2. The van der Waals surface area contributed by atoms with E-state index in [9.17, 15) is 4.79 Å². The van der Waals surface area contributed by atoms with Gasteiger partial charge in [0.25, 0.3) is 0 Å². The molecule has 0 atom stereocenters. The Morgan fingerprint density at radius 2 is 2.33 bits per heavy atom. The highest BCUT2D eigenvalue weighted by molar-refractivity contribution is 5.75. The van der Waals surface area contributed by atoms with E-state index in [1.165, 1.54) is 4.68 Å². The number of aromatic nitrogens is 4. The molecule has 1 amide bonds. The molecule has 0 aromatic carbocycles. The molecule has 3 N–H and O–H groups in total. The number of rotatable bonds is 5. The Morgan fingerprint density at radius 3 is 2.94 bits per heavy atom. The second kappa shape index (κ2) is 5.35. The van der Waals surface area contributed by atoms with E-state index < -0.39 is 0 Å². The van der Waals surface area contributed by atoms with Gasteiger partial charge in [-0.1, -0.05) is 0 Å². The molecule has 18 heavy (non-hydrogen) atoms. The molecular formula is C11H16N6O. The van der Waals surface area contributed by atoms with Crippen LogP contribution in [0.5, 0.6) is 0 Å². The average Bonchev–Trinajstić information content (AvgIpc) is 2.88. The van der Waals surface area contributed by atoms with Crippen LogP contribution in [0, 0.1) is 6.92 Å². The van der Waals surface area contributed by atoms with Gasteiger partial charge in [-0.15, -0.1) is 0 Å². The predicted octanol–water partition coefficient (Wildman–Crippen LogP) is -0.213. The Kier molecular flexibility index (Phi) is 3.61. The summed E-state index contributed by atoms with van der Waals surface area (Å²) in [6, 6.07) is 1.65. The average molecular weight is 248 g/mol. The second-order valence-electron chi connectivity index (χ2n) is 4.07. The number of nitrogens with zero attached hydrogens (tertiary/aromatic N) is 4. The lowest BCUT2D eigenvalue weighted by Gasteiger charge is -2.05. The monoisotopic (exact) mass is 248 g/mol. The van der Waals surface area contributed by atoms with Gasteiger partial charge >= 0.3 is 0 Å². The summed E-state index contributed by atoms with van der Waals surface area (Å²) in [4.78, 5) is 11.6. The van der Waals surface area contributed by atoms with Gasteiger partial charge in [-0.05, 0) is 18.6 Å². The fourth-order valence-electron chi connectivity index (χ4n) is 1.57. The largest absolute Gasteiger partial charge is 0.382 e. The van der Waals surface area contributed by atoms with Crippen molar-refractivity contribution in [3.8, 4) is 0 Å². The smallest absolute Gasteiger partial charge is 0.241 e. The maximum Gasteiger partial charge on any atom is 0.241 e. The molecule has 2 rings (SSSR count). The van der Waals surface area contributed by atoms with Gasteiger partial charge in [0.15, 0.2) is 0 Å². The highest BCUT2D eigenvalue weighted by atomic mass is 16.2. The van der Waals surface area contributed by atoms with Crippen molar-refractivity contribution in [2.24, 2.45) is 0 Å². The third-order valence-corrected chi connectivity index (χ3v) is 2.39. The molecule has 0 saturated heterocycles. The maximum atomic E-state index is 11.6. The lowest BCUT2D eigenvalue weighted by molar-refractivity contribution is -0.121. The SMILES string of the molecule is Cc1cnn(CCNC(=O)Cn2ccc(N)n2)c1. The van der Waals surface area contributed by atoms with Crippen LogP contribution in [-0.2, 0) is 17.9 Å². The summed E-state index contributed by atoms with van der Waals surface area (Å²) in [5.74, 6) is 0.316. The van der Waals surface area contributed by atoms with Crippen LogP contribution < -0.4 is 11.1 Å². The number of carbonyl (C=O) groups excluding carboxylic acids is 1. The Balaban J connectivity index is 1.72. The van der Waals surface area contributed by atoms with E-state index in [1.807, 2.05) is 13.1 Å². The van der Waals surface area contributed by atoms with Gasteiger partial charge in [0.2, 0.25) is 5.91 Å². The Labute approximate surface area is 105 Å². The van der Waals surface area contributed by atoms with Crippen molar-refractivity contribution in [1.29, 1.82) is 0 Å². The van der Waals surface area contributed by atoms with Gasteiger partial charge in [0.1, 0.15) is 12.4 Å². The number of hydrogen-bond acceptors (Lipinski definition) is 4. The molecule has 2 aromatic rings. The summed E-state index contributed by atoms with van der Waals surface area (Å²) in [7, 11) is 0. The van der Waals surface area contributed by atoms with Crippen LogP contribution in [0.4, 0.5) is 5.82 Å².